The molecule has 2 heterocycles. The van der Waals surface area contributed by atoms with Crippen LogP contribution in [0, 0.1) is 0 Å². The molecule has 0 saturated carbocycles. The Bertz CT molecular complexity index is 650. The lowest BCUT2D eigenvalue weighted by atomic mass is 10.1. The van der Waals surface area contributed by atoms with E-state index in [4.69, 9.17) is 0 Å². The fraction of sp³-hybridized carbons (Fsp3) is 0.615. The molecule has 0 atom stereocenters. The van der Waals surface area contributed by atoms with Crippen LogP contribution in [0.2, 0.25) is 0 Å². The normalized spacial score (nSPS) is 11.1. The van der Waals surface area contributed by atoms with Gasteiger partial charge >= 0.3 is 0 Å². The second-order valence-corrected chi connectivity index (χ2v) is 8.15. The van der Waals surface area contributed by atoms with Gasteiger partial charge in [-0.2, -0.15) is 4.57 Å². The van der Waals surface area contributed by atoms with Crippen molar-refractivity contribution in [3.05, 3.63) is 48.9 Å². The van der Waals surface area contributed by atoms with Crippen LogP contribution in [-0.4, -0.2) is 0 Å². The zero-order chi connectivity index (χ0) is 19.9. The molecule has 0 spiro atoms. The molecule has 0 aliphatic heterocycles. The first-order chi connectivity index (χ1) is 13.8. The summed E-state index contributed by atoms with van der Waals surface area (Å²) in [6.45, 7) is 6.81. The summed E-state index contributed by atoms with van der Waals surface area (Å²) >= 11 is 0. The quantitative estimate of drug-likeness (QED) is 0.241. The predicted molar refractivity (Wildman–Crippen MR) is 119 cm³/mol. The van der Waals surface area contributed by atoms with E-state index in [2.05, 4.69) is 71.9 Å². The highest BCUT2D eigenvalue weighted by Gasteiger charge is 2.15. The van der Waals surface area contributed by atoms with Crippen molar-refractivity contribution in [2.75, 3.05) is 0 Å². The smallest absolute Gasteiger partial charge is 0.204 e. The number of hydrogen-bond donors (Lipinski definition) is 0. The molecule has 0 amide bonds. The Kier molecular flexibility index (Phi) is 11.6. The SMILES string of the molecule is CCCCCCCC[n+]1cccc(-c2cccc[n+]2CCCCCCCC)c1. The maximum Gasteiger partial charge on any atom is 0.218 e. The fourth-order valence-electron chi connectivity index (χ4n) is 3.88. The van der Waals surface area contributed by atoms with Gasteiger partial charge in [-0.1, -0.05) is 65.2 Å². The van der Waals surface area contributed by atoms with Gasteiger partial charge in [0.05, 0.1) is 0 Å². The van der Waals surface area contributed by atoms with Crippen molar-refractivity contribution < 1.29 is 9.13 Å². The molecule has 0 saturated heterocycles. The molecule has 2 aromatic heterocycles. The van der Waals surface area contributed by atoms with Gasteiger partial charge < -0.3 is 0 Å². The Hall–Kier alpha value is -1.70. The number of rotatable bonds is 15. The summed E-state index contributed by atoms with van der Waals surface area (Å²) in [6.07, 6.45) is 23.0. The Morgan fingerprint density at radius 3 is 1.96 bits per heavy atom. The van der Waals surface area contributed by atoms with E-state index in [1.54, 1.807) is 0 Å². The van der Waals surface area contributed by atoms with Gasteiger partial charge in [-0.3, -0.25) is 0 Å². The Labute approximate surface area is 173 Å². The van der Waals surface area contributed by atoms with Crippen molar-refractivity contribution in [3.63, 3.8) is 0 Å². The molecule has 2 nitrogen and oxygen atoms in total. The minimum absolute atomic E-state index is 1.12. The third-order valence-electron chi connectivity index (χ3n) is 5.62. The number of aromatic nitrogens is 2. The van der Waals surface area contributed by atoms with Crippen LogP contribution in [-0.2, 0) is 13.1 Å². The maximum absolute atomic E-state index is 2.43. The fourth-order valence-corrected chi connectivity index (χ4v) is 3.88. The Balaban J connectivity index is 1.88. The molecular weight excluding hydrogens is 340 g/mol. The molecule has 2 rings (SSSR count). The van der Waals surface area contributed by atoms with Gasteiger partial charge in [-0.25, -0.2) is 4.57 Å². The van der Waals surface area contributed by atoms with Crippen molar-refractivity contribution in [2.45, 2.75) is 104 Å². The molecule has 28 heavy (non-hydrogen) atoms. The van der Waals surface area contributed by atoms with Crippen LogP contribution in [0.25, 0.3) is 11.3 Å². The number of aryl methyl sites for hydroxylation is 2. The second kappa shape index (κ2) is 14.3. The lowest BCUT2D eigenvalue weighted by molar-refractivity contribution is -0.699. The highest BCUT2D eigenvalue weighted by atomic mass is 15.0. The highest BCUT2D eigenvalue weighted by molar-refractivity contribution is 5.52. The zero-order valence-electron chi connectivity index (χ0n) is 18.4. The predicted octanol–water partition coefficient (Wildman–Crippen LogP) is 6.65. The molecule has 154 valence electrons. The summed E-state index contributed by atoms with van der Waals surface area (Å²) in [4.78, 5) is 0. The van der Waals surface area contributed by atoms with Gasteiger partial charge in [-0.05, 0) is 25.0 Å². The van der Waals surface area contributed by atoms with Crippen molar-refractivity contribution in [3.8, 4) is 11.3 Å². The summed E-state index contributed by atoms with van der Waals surface area (Å²) in [7, 11) is 0. The first kappa shape index (κ1) is 22.6. The average Bonchev–Trinajstić information content (AvgIpc) is 2.73. The van der Waals surface area contributed by atoms with Gasteiger partial charge in [0.2, 0.25) is 5.69 Å². The molecule has 0 N–H and O–H groups in total. The molecule has 2 heteroatoms. The van der Waals surface area contributed by atoms with Crippen molar-refractivity contribution in [1.82, 2.24) is 0 Å². The standard InChI is InChI=1S/C26H42N2/c1-3-5-7-9-11-14-20-27-21-17-18-25(24-27)26-19-13-16-23-28(26)22-15-12-10-8-6-4-2/h13,16-19,21,23-24H,3-12,14-15,20,22H2,1-2H3/q+2. The minimum Gasteiger partial charge on any atom is -0.204 e. The van der Waals surface area contributed by atoms with Gasteiger partial charge in [0, 0.05) is 31.0 Å². The average molecular weight is 383 g/mol. The summed E-state index contributed by atoms with van der Waals surface area (Å²) < 4.78 is 4.81. The molecule has 0 aliphatic carbocycles. The van der Waals surface area contributed by atoms with E-state index in [0.717, 1.165) is 13.1 Å². The van der Waals surface area contributed by atoms with Crippen LogP contribution in [0.1, 0.15) is 90.9 Å². The summed E-state index contributed by atoms with van der Waals surface area (Å²) in [5, 5.41) is 0. The number of hydrogen-bond acceptors (Lipinski definition) is 0. The molecule has 0 unspecified atom stereocenters. The van der Waals surface area contributed by atoms with E-state index in [-0.39, 0.29) is 0 Å². The molecule has 2 aromatic rings. The number of pyridine rings is 2. The Morgan fingerprint density at radius 1 is 0.607 bits per heavy atom. The van der Waals surface area contributed by atoms with Crippen molar-refractivity contribution in [2.24, 2.45) is 0 Å². The summed E-state index contributed by atoms with van der Waals surface area (Å²) in [5.74, 6) is 0. The van der Waals surface area contributed by atoms with E-state index >= 15 is 0 Å². The third kappa shape index (κ3) is 8.54. The molecule has 0 aliphatic rings. The van der Waals surface area contributed by atoms with Crippen molar-refractivity contribution in [1.29, 1.82) is 0 Å². The van der Waals surface area contributed by atoms with E-state index in [0.29, 0.717) is 0 Å². The largest absolute Gasteiger partial charge is 0.218 e. The van der Waals surface area contributed by atoms with E-state index in [9.17, 15) is 0 Å². The topological polar surface area (TPSA) is 7.76 Å². The first-order valence-electron chi connectivity index (χ1n) is 11.8. The van der Waals surface area contributed by atoms with Gasteiger partial charge in [0.15, 0.2) is 18.6 Å². The summed E-state index contributed by atoms with van der Waals surface area (Å²) in [5.41, 5.74) is 2.67. The Morgan fingerprint density at radius 2 is 1.25 bits per heavy atom. The van der Waals surface area contributed by atoms with E-state index in [1.165, 1.54) is 88.3 Å². The highest BCUT2D eigenvalue weighted by Crippen LogP contribution is 2.13. The van der Waals surface area contributed by atoms with E-state index in [1.807, 2.05) is 0 Å². The molecule has 0 fully saturated rings. The van der Waals surface area contributed by atoms with Crippen LogP contribution in [0.5, 0.6) is 0 Å². The maximum atomic E-state index is 2.43. The van der Waals surface area contributed by atoms with Crippen LogP contribution >= 0.6 is 0 Å². The first-order valence-corrected chi connectivity index (χ1v) is 11.8. The number of unbranched alkanes of at least 4 members (excludes halogenated alkanes) is 10. The summed E-state index contributed by atoms with van der Waals surface area (Å²) in [6, 6.07) is 11.0. The van der Waals surface area contributed by atoms with Crippen LogP contribution in [0.3, 0.4) is 0 Å². The molecule has 0 radical (unpaired) electrons. The van der Waals surface area contributed by atoms with E-state index < -0.39 is 0 Å². The van der Waals surface area contributed by atoms with Gasteiger partial charge in [0.25, 0.3) is 0 Å². The second-order valence-electron chi connectivity index (χ2n) is 8.15. The van der Waals surface area contributed by atoms with Crippen LogP contribution < -0.4 is 9.13 Å². The molecule has 0 bridgehead atoms. The van der Waals surface area contributed by atoms with Crippen LogP contribution in [0.4, 0.5) is 0 Å². The van der Waals surface area contributed by atoms with Gasteiger partial charge in [-0.15, -0.1) is 0 Å². The third-order valence-corrected chi connectivity index (χ3v) is 5.62. The lowest BCUT2D eigenvalue weighted by Crippen LogP contribution is -2.37. The molecular formula is C26H42N2+2. The zero-order valence-corrected chi connectivity index (χ0v) is 18.4. The monoisotopic (exact) mass is 382 g/mol. The van der Waals surface area contributed by atoms with Crippen molar-refractivity contribution >= 4 is 0 Å². The number of nitrogens with zero attached hydrogens (tertiary/aromatic N) is 2. The van der Waals surface area contributed by atoms with Gasteiger partial charge in [0.1, 0.15) is 18.7 Å². The molecule has 0 aromatic carbocycles. The lowest BCUT2D eigenvalue weighted by Gasteiger charge is -2.05. The van der Waals surface area contributed by atoms with Crippen LogP contribution in [0.15, 0.2) is 48.9 Å². The minimum atomic E-state index is 1.12.